The van der Waals surface area contributed by atoms with Crippen LogP contribution in [0, 0.1) is 6.92 Å². The predicted molar refractivity (Wildman–Crippen MR) is 66.1 cm³/mol. The molecule has 0 bridgehead atoms. The van der Waals surface area contributed by atoms with Crippen LogP contribution in [0.15, 0.2) is 10.6 Å². The van der Waals surface area contributed by atoms with Gasteiger partial charge in [-0.2, -0.15) is 0 Å². The fourth-order valence-corrected chi connectivity index (χ4v) is 1.28. The minimum atomic E-state index is -0.239. The molecule has 0 saturated carbocycles. The Bertz CT molecular complexity index is 428. The SMILES string of the molecule is Cc1cc(NC(=O)CN(C)CC(=O)N(C)C)no1. The zero-order valence-corrected chi connectivity index (χ0v) is 11.1. The number of hydrogen-bond acceptors (Lipinski definition) is 5. The Kier molecular flexibility index (Phi) is 4.85. The smallest absolute Gasteiger partial charge is 0.239 e. The monoisotopic (exact) mass is 254 g/mol. The highest BCUT2D eigenvalue weighted by Crippen LogP contribution is 2.06. The summed E-state index contributed by atoms with van der Waals surface area (Å²) in [5, 5.41) is 6.24. The molecular weight excluding hydrogens is 236 g/mol. The van der Waals surface area contributed by atoms with E-state index in [0.717, 1.165) is 0 Å². The molecule has 0 aromatic carbocycles. The van der Waals surface area contributed by atoms with E-state index in [1.54, 1.807) is 39.0 Å². The van der Waals surface area contributed by atoms with Crippen LogP contribution in [-0.4, -0.2) is 61.0 Å². The molecule has 0 aliphatic rings. The molecule has 1 aromatic rings. The third kappa shape index (κ3) is 4.54. The Morgan fingerprint density at radius 3 is 2.50 bits per heavy atom. The maximum absolute atomic E-state index is 11.6. The molecule has 7 heteroatoms. The molecule has 0 unspecified atom stereocenters. The van der Waals surface area contributed by atoms with E-state index in [1.807, 2.05) is 0 Å². The summed E-state index contributed by atoms with van der Waals surface area (Å²) in [7, 11) is 5.05. The van der Waals surface area contributed by atoms with Gasteiger partial charge in [-0.3, -0.25) is 14.5 Å². The van der Waals surface area contributed by atoms with Gasteiger partial charge in [0.15, 0.2) is 5.82 Å². The second-order valence-electron chi connectivity index (χ2n) is 4.33. The summed E-state index contributed by atoms with van der Waals surface area (Å²) < 4.78 is 4.83. The van der Waals surface area contributed by atoms with Crippen LogP contribution in [0.2, 0.25) is 0 Å². The highest BCUT2D eigenvalue weighted by Gasteiger charge is 2.13. The third-order valence-corrected chi connectivity index (χ3v) is 2.21. The first-order chi connectivity index (χ1) is 8.38. The van der Waals surface area contributed by atoms with Gasteiger partial charge in [-0.15, -0.1) is 0 Å². The van der Waals surface area contributed by atoms with Gasteiger partial charge in [0.05, 0.1) is 13.1 Å². The molecular formula is C11H18N4O3. The maximum atomic E-state index is 11.6. The summed E-state index contributed by atoms with van der Waals surface area (Å²) in [5.74, 6) is 0.714. The molecule has 1 heterocycles. The molecule has 0 fully saturated rings. The van der Waals surface area contributed by atoms with Gasteiger partial charge in [0.1, 0.15) is 5.76 Å². The summed E-state index contributed by atoms with van der Waals surface area (Å²) in [6.07, 6.45) is 0. The van der Waals surface area contributed by atoms with Crippen LogP contribution in [0.1, 0.15) is 5.76 Å². The summed E-state index contributed by atoms with van der Waals surface area (Å²) in [6, 6.07) is 1.63. The molecule has 18 heavy (non-hydrogen) atoms. The van der Waals surface area contributed by atoms with Crippen LogP contribution >= 0.6 is 0 Å². The van der Waals surface area contributed by atoms with E-state index in [9.17, 15) is 9.59 Å². The molecule has 0 spiro atoms. The summed E-state index contributed by atoms with van der Waals surface area (Å²) in [5.41, 5.74) is 0. The molecule has 1 rings (SSSR count). The molecule has 0 atom stereocenters. The van der Waals surface area contributed by atoms with E-state index >= 15 is 0 Å². The molecule has 0 aliphatic heterocycles. The molecule has 0 radical (unpaired) electrons. The molecule has 2 amide bonds. The first-order valence-electron chi connectivity index (χ1n) is 5.50. The van der Waals surface area contributed by atoms with Crippen molar-refractivity contribution >= 4 is 17.6 Å². The topological polar surface area (TPSA) is 78.7 Å². The van der Waals surface area contributed by atoms with Crippen molar-refractivity contribution in [1.82, 2.24) is 15.0 Å². The molecule has 0 aliphatic carbocycles. The number of anilines is 1. The Hall–Kier alpha value is -1.89. The number of hydrogen-bond donors (Lipinski definition) is 1. The fraction of sp³-hybridized carbons (Fsp3) is 0.545. The zero-order chi connectivity index (χ0) is 13.7. The highest BCUT2D eigenvalue weighted by molar-refractivity contribution is 5.91. The van der Waals surface area contributed by atoms with Crippen molar-refractivity contribution in [3.05, 3.63) is 11.8 Å². The van der Waals surface area contributed by atoms with Gasteiger partial charge in [0.25, 0.3) is 0 Å². The fourth-order valence-electron chi connectivity index (χ4n) is 1.28. The normalized spacial score (nSPS) is 10.5. The van der Waals surface area contributed by atoms with Crippen molar-refractivity contribution < 1.29 is 14.1 Å². The number of aryl methyl sites for hydroxylation is 1. The van der Waals surface area contributed by atoms with Gasteiger partial charge < -0.3 is 14.7 Å². The number of amides is 2. The van der Waals surface area contributed by atoms with Crippen LogP contribution in [0.5, 0.6) is 0 Å². The van der Waals surface area contributed by atoms with Crippen LogP contribution in [-0.2, 0) is 9.59 Å². The lowest BCUT2D eigenvalue weighted by atomic mass is 10.4. The molecule has 1 aromatic heterocycles. The van der Waals surface area contributed by atoms with Crippen molar-refractivity contribution in [2.45, 2.75) is 6.92 Å². The van der Waals surface area contributed by atoms with E-state index in [4.69, 9.17) is 4.52 Å². The van der Waals surface area contributed by atoms with E-state index in [-0.39, 0.29) is 24.9 Å². The van der Waals surface area contributed by atoms with Crippen molar-refractivity contribution in [1.29, 1.82) is 0 Å². The predicted octanol–water partition coefficient (Wildman–Crippen LogP) is -0.0585. The number of carbonyl (C=O) groups is 2. The van der Waals surface area contributed by atoms with Crippen LogP contribution in [0.4, 0.5) is 5.82 Å². The van der Waals surface area contributed by atoms with E-state index < -0.39 is 0 Å². The molecule has 100 valence electrons. The van der Waals surface area contributed by atoms with Crippen LogP contribution in [0.3, 0.4) is 0 Å². The van der Waals surface area contributed by atoms with Crippen molar-refractivity contribution in [3.8, 4) is 0 Å². The Labute approximate surface area is 106 Å². The number of likely N-dealkylation sites (N-methyl/N-ethyl adjacent to an activating group) is 2. The first-order valence-corrected chi connectivity index (χ1v) is 5.50. The average molecular weight is 254 g/mol. The first kappa shape index (κ1) is 14.2. The van der Waals surface area contributed by atoms with E-state index in [0.29, 0.717) is 11.6 Å². The number of nitrogens with zero attached hydrogens (tertiary/aromatic N) is 3. The summed E-state index contributed by atoms with van der Waals surface area (Å²) in [6.45, 7) is 2.05. The van der Waals surface area contributed by atoms with Gasteiger partial charge in [-0.05, 0) is 14.0 Å². The minimum absolute atomic E-state index is 0.0532. The summed E-state index contributed by atoms with van der Waals surface area (Å²) in [4.78, 5) is 26.2. The van der Waals surface area contributed by atoms with Crippen molar-refractivity contribution in [2.75, 3.05) is 39.5 Å². The zero-order valence-electron chi connectivity index (χ0n) is 11.1. The minimum Gasteiger partial charge on any atom is -0.360 e. The lowest BCUT2D eigenvalue weighted by molar-refractivity contribution is -0.130. The van der Waals surface area contributed by atoms with Crippen LogP contribution < -0.4 is 5.32 Å². The number of carbonyl (C=O) groups excluding carboxylic acids is 2. The largest absolute Gasteiger partial charge is 0.360 e. The van der Waals surface area contributed by atoms with Gasteiger partial charge >= 0.3 is 0 Å². The van der Waals surface area contributed by atoms with E-state index in [2.05, 4.69) is 10.5 Å². The van der Waals surface area contributed by atoms with Gasteiger partial charge in [-0.25, -0.2) is 0 Å². The van der Waals surface area contributed by atoms with Gasteiger partial charge in [0, 0.05) is 20.2 Å². The molecule has 0 saturated heterocycles. The second kappa shape index (κ2) is 6.15. The Balaban J connectivity index is 2.38. The van der Waals surface area contributed by atoms with Crippen molar-refractivity contribution in [2.24, 2.45) is 0 Å². The van der Waals surface area contributed by atoms with E-state index in [1.165, 1.54) is 4.90 Å². The Morgan fingerprint density at radius 1 is 1.33 bits per heavy atom. The Morgan fingerprint density at radius 2 is 2.00 bits per heavy atom. The highest BCUT2D eigenvalue weighted by atomic mass is 16.5. The lowest BCUT2D eigenvalue weighted by Gasteiger charge is -2.17. The second-order valence-corrected chi connectivity index (χ2v) is 4.33. The number of aromatic nitrogens is 1. The quantitative estimate of drug-likeness (QED) is 0.796. The standard InChI is InChI=1S/C11H18N4O3/c1-8-5-9(13-18-8)12-10(16)6-15(4)7-11(17)14(2)3/h5H,6-7H2,1-4H3,(H,12,13,16). The lowest BCUT2D eigenvalue weighted by Crippen LogP contribution is -2.38. The summed E-state index contributed by atoms with van der Waals surface area (Å²) >= 11 is 0. The third-order valence-electron chi connectivity index (χ3n) is 2.21. The molecule has 1 N–H and O–H groups in total. The van der Waals surface area contributed by atoms with Crippen LogP contribution in [0.25, 0.3) is 0 Å². The van der Waals surface area contributed by atoms with Gasteiger partial charge in [-0.1, -0.05) is 5.16 Å². The number of rotatable bonds is 5. The maximum Gasteiger partial charge on any atom is 0.239 e. The average Bonchev–Trinajstić information content (AvgIpc) is 2.62. The molecule has 7 nitrogen and oxygen atoms in total. The number of nitrogens with one attached hydrogen (secondary N) is 1. The van der Waals surface area contributed by atoms with Gasteiger partial charge in [0.2, 0.25) is 11.8 Å². The van der Waals surface area contributed by atoms with Crippen molar-refractivity contribution in [3.63, 3.8) is 0 Å².